The van der Waals surface area contributed by atoms with Crippen LogP contribution in [0.2, 0.25) is 0 Å². The van der Waals surface area contributed by atoms with E-state index >= 15 is 0 Å². The molecule has 0 aliphatic heterocycles. The van der Waals surface area contributed by atoms with Crippen LogP contribution >= 0.6 is 0 Å². The highest BCUT2D eigenvalue weighted by Crippen LogP contribution is 2.27. The highest BCUT2D eigenvalue weighted by molar-refractivity contribution is 6.10. The van der Waals surface area contributed by atoms with Crippen LogP contribution in [0.4, 0.5) is 4.39 Å². The second-order valence-corrected chi connectivity index (χ2v) is 4.71. The standard InChI is InChI=1S/C16H12FNO2/c1-9-3-4-11(8-18-9)15(19)16-10(2)13-7-12(17)5-6-14(13)20-16/h3-8H,1-2H3. The van der Waals surface area contributed by atoms with Crippen LogP contribution in [0.3, 0.4) is 0 Å². The van der Waals surface area contributed by atoms with Gasteiger partial charge in [-0.2, -0.15) is 0 Å². The van der Waals surface area contributed by atoms with Crippen molar-refractivity contribution < 1.29 is 13.6 Å². The molecule has 3 aromatic rings. The molecule has 0 atom stereocenters. The smallest absolute Gasteiger partial charge is 0.230 e. The second kappa shape index (κ2) is 4.56. The van der Waals surface area contributed by atoms with Crippen LogP contribution in [0.25, 0.3) is 11.0 Å². The number of nitrogens with zero attached hydrogens (tertiary/aromatic N) is 1. The molecule has 0 amide bonds. The van der Waals surface area contributed by atoms with Crippen LogP contribution in [0.1, 0.15) is 27.4 Å². The lowest BCUT2D eigenvalue weighted by Gasteiger charge is -1.99. The number of furan rings is 1. The first-order chi connectivity index (χ1) is 9.56. The van der Waals surface area contributed by atoms with Gasteiger partial charge in [0.15, 0.2) is 5.76 Å². The van der Waals surface area contributed by atoms with Crippen LogP contribution in [0.5, 0.6) is 0 Å². The predicted molar refractivity (Wildman–Crippen MR) is 73.3 cm³/mol. The molecule has 3 nitrogen and oxygen atoms in total. The number of hydrogen-bond donors (Lipinski definition) is 0. The van der Waals surface area contributed by atoms with E-state index < -0.39 is 0 Å². The largest absolute Gasteiger partial charge is 0.452 e. The van der Waals surface area contributed by atoms with E-state index in [0.29, 0.717) is 22.1 Å². The maximum atomic E-state index is 13.3. The highest BCUT2D eigenvalue weighted by atomic mass is 19.1. The summed E-state index contributed by atoms with van der Waals surface area (Å²) in [6.45, 7) is 3.60. The van der Waals surface area contributed by atoms with Crippen LogP contribution in [0.15, 0.2) is 40.9 Å². The van der Waals surface area contributed by atoms with Gasteiger partial charge in [0, 0.05) is 28.4 Å². The molecule has 0 spiro atoms. The normalized spacial score (nSPS) is 10.9. The van der Waals surface area contributed by atoms with Crippen LogP contribution in [0, 0.1) is 19.7 Å². The van der Waals surface area contributed by atoms with Gasteiger partial charge in [-0.1, -0.05) is 0 Å². The Balaban J connectivity index is 2.12. The first-order valence-corrected chi connectivity index (χ1v) is 6.22. The number of aromatic nitrogens is 1. The van der Waals surface area contributed by atoms with Crippen molar-refractivity contribution in [3.05, 3.63) is 64.9 Å². The van der Waals surface area contributed by atoms with Gasteiger partial charge in [-0.25, -0.2) is 4.39 Å². The fourth-order valence-corrected chi connectivity index (χ4v) is 2.14. The summed E-state index contributed by atoms with van der Waals surface area (Å²) < 4.78 is 18.8. The first kappa shape index (κ1) is 12.5. The van der Waals surface area contributed by atoms with Gasteiger partial charge in [0.2, 0.25) is 5.78 Å². The number of carbonyl (C=O) groups excluding carboxylic acids is 1. The molecular weight excluding hydrogens is 257 g/mol. The van der Waals surface area contributed by atoms with Gasteiger partial charge in [0.25, 0.3) is 0 Å². The molecule has 0 unspecified atom stereocenters. The maximum Gasteiger partial charge on any atom is 0.230 e. The fraction of sp³-hybridized carbons (Fsp3) is 0.125. The van der Waals surface area contributed by atoms with Gasteiger partial charge in [-0.3, -0.25) is 9.78 Å². The lowest BCUT2D eigenvalue weighted by atomic mass is 10.1. The Bertz CT molecular complexity index is 803. The van der Waals surface area contributed by atoms with E-state index in [1.54, 1.807) is 19.1 Å². The van der Waals surface area contributed by atoms with Crippen molar-refractivity contribution in [1.29, 1.82) is 0 Å². The number of hydrogen-bond acceptors (Lipinski definition) is 3. The zero-order valence-electron chi connectivity index (χ0n) is 11.1. The Morgan fingerprint density at radius 3 is 2.70 bits per heavy atom. The zero-order chi connectivity index (χ0) is 14.3. The molecule has 0 fully saturated rings. The third-order valence-corrected chi connectivity index (χ3v) is 3.28. The van der Waals surface area contributed by atoms with E-state index in [1.165, 1.54) is 24.4 Å². The van der Waals surface area contributed by atoms with E-state index in [0.717, 1.165) is 5.69 Å². The van der Waals surface area contributed by atoms with Crippen molar-refractivity contribution in [2.24, 2.45) is 0 Å². The van der Waals surface area contributed by atoms with Crippen molar-refractivity contribution >= 4 is 16.8 Å². The number of rotatable bonds is 2. The van der Waals surface area contributed by atoms with Gasteiger partial charge in [0.1, 0.15) is 11.4 Å². The average Bonchev–Trinajstić information content (AvgIpc) is 2.76. The minimum atomic E-state index is -0.350. The van der Waals surface area contributed by atoms with Crippen molar-refractivity contribution in [3.63, 3.8) is 0 Å². The number of ketones is 1. The number of fused-ring (bicyclic) bond motifs is 1. The number of carbonyl (C=O) groups is 1. The summed E-state index contributed by atoms with van der Waals surface area (Å²) in [7, 11) is 0. The third-order valence-electron chi connectivity index (χ3n) is 3.28. The Kier molecular flexibility index (Phi) is 2.86. The van der Waals surface area contributed by atoms with E-state index in [-0.39, 0.29) is 17.4 Å². The summed E-state index contributed by atoms with van der Waals surface area (Å²) in [6, 6.07) is 7.69. The minimum Gasteiger partial charge on any atom is -0.452 e. The van der Waals surface area contributed by atoms with Crippen LogP contribution < -0.4 is 0 Å². The SMILES string of the molecule is Cc1ccc(C(=O)c2oc3ccc(F)cc3c2C)cn1. The predicted octanol–water partition coefficient (Wildman–Crippen LogP) is 3.81. The van der Waals surface area contributed by atoms with Gasteiger partial charge < -0.3 is 4.42 Å². The van der Waals surface area contributed by atoms with E-state index in [9.17, 15) is 9.18 Å². The number of benzene rings is 1. The quantitative estimate of drug-likeness (QED) is 0.664. The fourth-order valence-electron chi connectivity index (χ4n) is 2.14. The second-order valence-electron chi connectivity index (χ2n) is 4.71. The summed E-state index contributed by atoms with van der Waals surface area (Å²) in [6.07, 6.45) is 1.52. The van der Waals surface area contributed by atoms with E-state index in [4.69, 9.17) is 4.42 Å². The first-order valence-electron chi connectivity index (χ1n) is 6.22. The lowest BCUT2D eigenvalue weighted by molar-refractivity contribution is 0.101. The summed E-state index contributed by atoms with van der Waals surface area (Å²) in [5.74, 6) is -0.361. The zero-order valence-corrected chi connectivity index (χ0v) is 11.1. The monoisotopic (exact) mass is 269 g/mol. The molecule has 4 heteroatoms. The molecule has 1 aromatic carbocycles. The van der Waals surface area contributed by atoms with Gasteiger partial charge in [0.05, 0.1) is 0 Å². The maximum absolute atomic E-state index is 13.3. The van der Waals surface area contributed by atoms with E-state index in [2.05, 4.69) is 4.98 Å². The molecule has 2 aromatic heterocycles. The summed E-state index contributed by atoms with van der Waals surface area (Å²) >= 11 is 0. The summed E-state index contributed by atoms with van der Waals surface area (Å²) in [5.41, 5.74) is 2.44. The molecule has 3 rings (SSSR count). The van der Waals surface area contributed by atoms with Crippen molar-refractivity contribution in [2.75, 3.05) is 0 Å². The Hall–Kier alpha value is -2.49. The van der Waals surface area contributed by atoms with Crippen LogP contribution in [-0.4, -0.2) is 10.8 Å². The van der Waals surface area contributed by atoms with Crippen molar-refractivity contribution in [3.8, 4) is 0 Å². The topological polar surface area (TPSA) is 43.1 Å². The van der Waals surface area contributed by atoms with E-state index in [1.807, 2.05) is 6.92 Å². The molecule has 2 heterocycles. The number of halogens is 1. The Labute approximate surface area is 115 Å². The molecule has 100 valence electrons. The Morgan fingerprint density at radius 2 is 2.00 bits per heavy atom. The molecule has 0 bridgehead atoms. The Morgan fingerprint density at radius 1 is 1.20 bits per heavy atom. The molecular formula is C16H12FNO2. The lowest BCUT2D eigenvalue weighted by Crippen LogP contribution is -2.02. The third kappa shape index (κ3) is 1.99. The number of pyridine rings is 1. The minimum absolute atomic E-state index is 0.233. The molecule has 0 radical (unpaired) electrons. The summed E-state index contributed by atoms with van der Waals surface area (Å²) in [4.78, 5) is 16.5. The number of aryl methyl sites for hydroxylation is 2. The molecule has 20 heavy (non-hydrogen) atoms. The molecule has 0 aliphatic rings. The van der Waals surface area contributed by atoms with Gasteiger partial charge >= 0.3 is 0 Å². The van der Waals surface area contributed by atoms with Crippen molar-refractivity contribution in [1.82, 2.24) is 4.98 Å². The highest BCUT2D eigenvalue weighted by Gasteiger charge is 2.19. The average molecular weight is 269 g/mol. The molecule has 0 saturated heterocycles. The molecule has 0 aliphatic carbocycles. The summed E-state index contributed by atoms with van der Waals surface area (Å²) in [5, 5.41) is 0.619. The molecule has 0 saturated carbocycles. The van der Waals surface area contributed by atoms with Crippen molar-refractivity contribution in [2.45, 2.75) is 13.8 Å². The van der Waals surface area contributed by atoms with Gasteiger partial charge in [-0.15, -0.1) is 0 Å². The van der Waals surface area contributed by atoms with Gasteiger partial charge in [-0.05, 0) is 44.2 Å². The molecule has 0 N–H and O–H groups in total. The van der Waals surface area contributed by atoms with Crippen LogP contribution in [-0.2, 0) is 0 Å².